The van der Waals surface area contributed by atoms with Crippen molar-refractivity contribution >= 4 is 65.7 Å². The number of carbonyl (C=O) groups excluding carboxylic acids is 11. The standard InChI is InChI=1S/C13H22O2.4C12H20O2.C11H20O3.C11H20O2.2C11H18O2.C10H18O2.C9H16O2/c1-10(2)8-9-15-13(14)12-7-5-4-6-11(12)3;1-9(2)8-14-12(13)11-6-4-5-10(3)7-11;1-9(2)8-14-12(13)11-7-5-4-6-10(11)3;1-3-4-9-14-12(13)11-8-6-5-7-10(11)2;1-3-4-8-14-12(13)11-7-5-6-10(2)9-11;1-9-5-3-4-6-10(9)11(12)14-8-7-13-2;1-8(2)13-11(12)10-6-4-5-9(3)7-10;1-3-8-13-11(12)10-7-5-4-6-9(10)2;1-3-7-13-11(12)10-6-4-5-9(2)8-10;1-3-12-10(11)9-6-4-5-8(2)7-9;1-7-4-3-5-8(6-7)9(10)11-2/h11-12H,1,4-9H2,2-3H3;2*10-11H,1,4-8H2,2-3H3;2*3-4,10-11H,5-9H2,1-2H3;9-10H,3-8H2,1-2H3;8-10H,4-7H2,1-3H3;2*3,9-10H,1,4-8H2,2H3;8-9H,3-7H2,1-2H3;7-8H,3-6H2,1-2H3/b;;;2*4-3+;;;;;;. The number of rotatable bonds is 31. The molecule has 0 saturated heterocycles. The molecule has 22 unspecified atom stereocenters. The van der Waals surface area contributed by atoms with Gasteiger partial charge in [-0.25, -0.2) is 0 Å². The number of allylic oxidation sites excluding steroid dienone is 2. The molecular formula is C124H212O23. The highest BCUT2D eigenvalue weighted by Gasteiger charge is 2.37. The molecule has 846 valence electrons. The van der Waals surface area contributed by atoms with E-state index in [4.69, 9.17) is 56.8 Å². The summed E-state index contributed by atoms with van der Waals surface area (Å²) in [4.78, 5) is 127. The predicted octanol–water partition coefficient (Wildman–Crippen LogP) is 29.3. The molecule has 147 heavy (non-hydrogen) atoms. The summed E-state index contributed by atoms with van der Waals surface area (Å²) in [6, 6.07) is 0. The highest BCUT2D eigenvalue weighted by atomic mass is 16.6. The maximum atomic E-state index is 11.7. The third-order valence-corrected chi connectivity index (χ3v) is 30.6. The topological polar surface area (TPSA) is 299 Å². The maximum absolute atomic E-state index is 11.7. The van der Waals surface area contributed by atoms with Crippen LogP contribution < -0.4 is 0 Å². The first-order chi connectivity index (χ1) is 70.1. The number of hydrogen-bond acceptors (Lipinski definition) is 23. The minimum atomic E-state index is -0.0357. The summed E-state index contributed by atoms with van der Waals surface area (Å²) in [5, 5.41) is 0. The summed E-state index contributed by atoms with van der Waals surface area (Å²) in [7, 11) is 3.08. The third-order valence-electron chi connectivity index (χ3n) is 30.6. The first kappa shape index (κ1) is 137. The SMILES string of the molecule is C/C=C/COC(=O)C1CCCC(C)C1.C/C=C/COC(=O)C1CCCCC1C.C=C(C)CCOC(=O)C1CCCCC1C.C=C(C)COC(=O)C1CCCC(C)C1.C=C(C)COC(=O)C1CCCCC1C.C=CCOC(=O)C1CCCC(C)C1.C=CCOC(=O)C1CCCCC1C.CC1CCCC(C(=O)OC(C)C)C1.CCOC(=O)C1CCCC(C)C1.COC(=O)C1CCCC(C)C1.COCCOC(=O)C1CCCCC1C. The molecular weight excluding hydrogens is 1860 g/mol. The van der Waals surface area contributed by atoms with Crippen molar-refractivity contribution in [1.82, 2.24) is 0 Å². The molecule has 0 radical (unpaired) electrons. The Morgan fingerprint density at radius 3 is 0.782 bits per heavy atom. The van der Waals surface area contributed by atoms with E-state index in [2.05, 4.69) is 109 Å². The number of methoxy groups -OCH3 is 2. The van der Waals surface area contributed by atoms with Gasteiger partial charge in [0.2, 0.25) is 0 Å². The molecule has 0 N–H and O–H groups in total. The van der Waals surface area contributed by atoms with Crippen LogP contribution in [0, 0.1) is 130 Å². The van der Waals surface area contributed by atoms with E-state index in [1.54, 1.807) is 19.3 Å². The van der Waals surface area contributed by atoms with Crippen LogP contribution in [-0.4, -0.2) is 152 Å². The zero-order chi connectivity index (χ0) is 110. The van der Waals surface area contributed by atoms with Crippen LogP contribution in [0.1, 0.15) is 420 Å². The van der Waals surface area contributed by atoms with Gasteiger partial charge in [-0.05, 0) is 273 Å². The van der Waals surface area contributed by atoms with Crippen molar-refractivity contribution in [3.8, 4) is 0 Å². The second-order valence-corrected chi connectivity index (χ2v) is 45.3. The second-order valence-electron chi connectivity index (χ2n) is 45.3. The molecule has 11 aliphatic carbocycles. The molecule has 11 saturated carbocycles. The smallest absolute Gasteiger partial charge is 0.309 e. The van der Waals surface area contributed by atoms with E-state index in [1.165, 1.54) is 129 Å². The van der Waals surface area contributed by atoms with Gasteiger partial charge in [-0.1, -0.05) is 286 Å². The molecule has 23 heteroatoms. The molecule has 0 bridgehead atoms. The fourth-order valence-electron chi connectivity index (χ4n) is 21.5. The third kappa shape index (κ3) is 64.7. The fraction of sp³-hybridized carbons (Fsp3) is 0.798. The van der Waals surface area contributed by atoms with E-state index in [9.17, 15) is 52.7 Å². The minimum absolute atomic E-state index is 0.00319. The number of carbonyl (C=O) groups is 11. The van der Waals surface area contributed by atoms with Crippen LogP contribution in [0.2, 0.25) is 0 Å². The maximum Gasteiger partial charge on any atom is 0.309 e. The van der Waals surface area contributed by atoms with Gasteiger partial charge in [-0.15, -0.1) is 6.58 Å². The molecule has 11 fully saturated rings. The summed E-state index contributed by atoms with van der Waals surface area (Å²) >= 11 is 0. The normalized spacial score (nSPS) is 28.0. The zero-order valence-corrected chi connectivity index (χ0v) is 96.6. The predicted molar refractivity (Wildman–Crippen MR) is 591 cm³/mol. The molecule has 0 aromatic rings. The molecule has 0 spiro atoms. The molecule has 0 aliphatic heterocycles. The zero-order valence-electron chi connectivity index (χ0n) is 96.6. The molecule has 11 aliphatic rings. The van der Waals surface area contributed by atoms with Gasteiger partial charge in [-0.2, -0.15) is 0 Å². The van der Waals surface area contributed by atoms with E-state index in [1.807, 2.05) is 79.7 Å². The first-order valence-electron chi connectivity index (χ1n) is 57.8. The Balaban J connectivity index is 0.000000809. The Labute approximate surface area is 893 Å². The van der Waals surface area contributed by atoms with Crippen molar-refractivity contribution in [3.05, 3.63) is 86.1 Å². The lowest BCUT2D eigenvalue weighted by atomic mass is 9.80. The molecule has 0 aromatic heterocycles. The molecule has 0 aromatic carbocycles. The fourth-order valence-corrected chi connectivity index (χ4v) is 21.5. The van der Waals surface area contributed by atoms with Crippen LogP contribution in [0.15, 0.2) is 86.1 Å². The quantitative estimate of drug-likeness (QED) is 0.0269. The van der Waals surface area contributed by atoms with Gasteiger partial charge in [0.15, 0.2) is 0 Å². The van der Waals surface area contributed by atoms with E-state index in [-0.39, 0.29) is 137 Å². The van der Waals surface area contributed by atoms with Gasteiger partial charge in [0.1, 0.15) is 46.2 Å². The van der Waals surface area contributed by atoms with Crippen molar-refractivity contribution in [3.63, 3.8) is 0 Å². The number of hydrogen-bond donors (Lipinski definition) is 0. The van der Waals surface area contributed by atoms with Gasteiger partial charge >= 0.3 is 65.7 Å². The Morgan fingerprint density at radius 2 is 0.524 bits per heavy atom. The molecule has 23 nitrogen and oxygen atoms in total. The largest absolute Gasteiger partial charge is 0.469 e. The van der Waals surface area contributed by atoms with Crippen LogP contribution >= 0.6 is 0 Å². The van der Waals surface area contributed by atoms with Crippen molar-refractivity contribution in [2.24, 2.45) is 130 Å². The lowest BCUT2D eigenvalue weighted by molar-refractivity contribution is -0.154. The molecule has 0 amide bonds. The van der Waals surface area contributed by atoms with Crippen LogP contribution in [0.25, 0.3) is 0 Å². The summed E-state index contributed by atoms with van der Waals surface area (Å²) in [5.74, 6) is 8.10. The van der Waals surface area contributed by atoms with Crippen LogP contribution in [0.5, 0.6) is 0 Å². The summed E-state index contributed by atoms with van der Waals surface area (Å²) in [6.45, 7) is 61.7. The van der Waals surface area contributed by atoms with Gasteiger partial charge < -0.3 is 56.8 Å². The van der Waals surface area contributed by atoms with E-state index in [0.717, 1.165) is 184 Å². The van der Waals surface area contributed by atoms with E-state index in [0.29, 0.717) is 131 Å². The van der Waals surface area contributed by atoms with E-state index >= 15 is 0 Å². The van der Waals surface area contributed by atoms with Crippen molar-refractivity contribution in [2.45, 2.75) is 427 Å². The Hall–Kier alpha value is -7.69. The lowest BCUT2D eigenvalue weighted by Crippen LogP contribution is -2.27. The van der Waals surface area contributed by atoms with Gasteiger partial charge in [-0.3, -0.25) is 52.7 Å². The van der Waals surface area contributed by atoms with Gasteiger partial charge in [0.05, 0.1) is 98.1 Å². The second kappa shape index (κ2) is 83.9. The van der Waals surface area contributed by atoms with Crippen LogP contribution in [0.3, 0.4) is 0 Å². The first-order valence-corrected chi connectivity index (χ1v) is 57.8. The van der Waals surface area contributed by atoms with Gasteiger partial charge in [0, 0.05) is 13.5 Å². The van der Waals surface area contributed by atoms with Gasteiger partial charge in [0.25, 0.3) is 0 Å². The van der Waals surface area contributed by atoms with Crippen LogP contribution in [-0.2, 0) is 110 Å². The average molecular weight is 2070 g/mol. The van der Waals surface area contributed by atoms with Crippen molar-refractivity contribution in [2.75, 3.05) is 80.3 Å². The average Bonchev–Trinajstić information content (AvgIpc) is 0.856. The van der Waals surface area contributed by atoms with E-state index < -0.39 is 0 Å². The van der Waals surface area contributed by atoms with Crippen molar-refractivity contribution < 1.29 is 110 Å². The molecule has 0 heterocycles. The summed E-state index contributed by atoms with van der Waals surface area (Å²) in [6.07, 6.45) is 61.3. The Morgan fingerprint density at radius 1 is 0.279 bits per heavy atom. The molecule has 11 rings (SSSR count). The lowest BCUT2D eigenvalue weighted by Gasteiger charge is -2.26. The summed E-state index contributed by atoms with van der Waals surface area (Å²) in [5.41, 5.74) is 2.88. The number of ether oxygens (including phenoxy) is 12. The molecule has 22 atom stereocenters. The highest BCUT2D eigenvalue weighted by Crippen LogP contribution is 2.39. The summed E-state index contributed by atoms with van der Waals surface area (Å²) < 4.78 is 60.8. The monoisotopic (exact) mass is 2070 g/mol. The van der Waals surface area contributed by atoms with Crippen molar-refractivity contribution in [1.29, 1.82) is 0 Å². The highest BCUT2D eigenvalue weighted by molar-refractivity contribution is 5.77. The van der Waals surface area contributed by atoms with Crippen LogP contribution in [0.4, 0.5) is 0 Å². The number of esters is 11. The minimum Gasteiger partial charge on any atom is -0.469 e. The Kier molecular flexibility index (Phi) is 78.4. The Bertz CT molecular complexity index is 3740.